The molecular weight excluding hydrogens is 396 g/mol. The van der Waals surface area contributed by atoms with Crippen LogP contribution in [-0.4, -0.2) is 88.3 Å². The largest absolute Gasteiger partial charge is 0.374 e. The number of carbonyl (C=O) groups is 2. The summed E-state index contributed by atoms with van der Waals surface area (Å²) >= 11 is 0. The van der Waals surface area contributed by atoms with Crippen LogP contribution in [0.3, 0.4) is 0 Å². The lowest BCUT2D eigenvalue weighted by molar-refractivity contribution is -0.135. The third kappa shape index (κ3) is 3.97. The van der Waals surface area contributed by atoms with Gasteiger partial charge >= 0.3 is 5.69 Å². The second-order valence-corrected chi connectivity index (χ2v) is 8.72. The van der Waals surface area contributed by atoms with Gasteiger partial charge in [-0.3, -0.25) is 14.5 Å². The minimum absolute atomic E-state index is 0.0141. The highest BCUT2D eigenvalue weighted by atomic mass is 16.2. The Labute approximate surface area is 180 Å². The van der Waals surface area contributed by atoms with Gasteiger partial charge in [0.15, 0.2) is 0 Å². The van der Waals surface area contributed by atoms with E-state index in [4.69, 9.17) is 0 Å². The molecule has 1 aromatic heterocycles. The number of aromatic amines is 2. The van der Waals surface area contributed by atoms with Gasteiger partial charge in [0.1, 0.15) is 0 Å². The first-order valence-corrected chi connectivity index (χ1v) is 10.9. The van der Waals surface area contributed by atoms with Crippen LogP contribution < -0.4 is 11.0 Å². The number of H-pyrrole nitrogens is 2. The van der Waals surface area contributed by atoms with E-state index in [0.29, 0.717) is 25.0 Å². The van der Waals surface area contributed by atoms with E-state index in [1.165, 1.54) is 24.5 Å². The maximum Gasteiger partial charge on any atom is 0.323 e. The van der Waals surface area contributed by atoms with Crippen LogP contribution >= 0.6 is 0 Å². The molecule has 9 heteroatoms. The van der Waals surface area contributed by atoms with Gasteiger partial charge in [0.2, 0.25) is 11.8 Å². The molecule has 0 unspecified atom stereocenters. The fraction of sp³-hybridized carbons (Fsp3) is 0.500. The topological polar surface area (TPSA) is 105 Å². The number of piperazine rings is 1. The van der Waals surface area contributed by atoms with E-state index in [2.05, 4.69) is 32.8 Å². The summed E-state index contributed by atoms with van der Waals surface area (Å²) in [6, 6.07) is 4.46. The number of nitrogens with one attached hydrogen (secondary N) is 3. The van der Waals surface area contributed by atoms with Crippen molar-refractivity contribution in [3.8, 4) is 0 Å². The maximum atomic E-state index is 12.8. The number of nitrogens with zero attached hydrogens (tertiary/aromatic N) is 3. The normalized spacial score (nSPS) is 20.0. The smallest absolute Gasteiger partial charge is 0.323 e. The lowest BCUT2D eigenvalue weighted by atomic mass is 10.1. The molecule has 31 heavy (non-hydrogen) atoms. The van der Waals surface area contributed by atoms with Gasteiger partial charge in [0, 0.05) is 45.3 Å². The van der Waals surface area contributed by atoms with Gasteiger partial charge in [-0.1, -0.05) is 6.58 Å². The molecule has 5 rings (SSSR count). The van der Waals surface area contributed by atoms with Crippen LogP contribution in [-0.2, 0) is 9.59 Å². The average Bonchev–Trinajstić information content (AvgIpc) is 3.52. The summed E-state index contributed by atoms with van der Waals surface area (Å²) in [5.74, 6) is 0.593. The number of rotatable bonds is 6. The first-order valence-electron chi connectivity index (χ1n) is 10.9. The molecule has 3 N–H and O–H groups in total. The summed E-state index contributed by atoms with van der Waals surface area (Å²) in [5, 5.41) is 3.25. The molecule has 2 amide bonds. The SMILES string of the molecule is C=CC(=O)N1CC(N2CCN(C(=O)CNc3cc(C4CC4)cc4[nH]c(=O)[nH]c34)CC2)C1. The van der Waals surface area contributed by atoms with Crippen molar-refractivity contribution in [3.05, 3.63) is 40.8 Å². The summed E-state index contributed by atoms with van der Waals surface area (Å²) in [4.78, 5) is 47.9. The first kappa shape index (κ1) is 19.9. The molecule has 9 nitrogen and oxygen atoms in total. The van der Waals surface area contributed by atoms with Gasteiger partial charge < -0.3 is 25.1 Å². The summed E-state index contributed by atoms with van der Waals surface area (Å²) in [5.41, 5.74) is 3.26. The second-order valence-electron chi connectivity index (χ2n) is 8.72. The van der Waals surface area contributed by atoms with Gasteiger partial charge in [-0.15, -0.1) is 0 Å². The average molecular weight is 425 g/mol. The molecule has 3 fully saturated rings. The number of hydrogen-bond acceptors (Lipinski definition) is 5. The van der Waals surface area contributed by atoms with Crippen LogP contribution in [0.4, 0.5) is 5.69 Å². The lowest BCUT2D eigenvalue weighted by Gasteiger charge is -2.47. The zero-order valence-electron chi connectivity index (χ0n) is 17.5. The molecule has 1 aliphatic carbocycles. The zero-order valence-corrected chi connectivity index (χ0v) is 17.5. The third-order valence-electron chi connectivity index (χ3n) is 6.66. The highest BCUT2D eigenvalue weighted by molar-refractivity contribution is 5.91. The van der Waals surface area contributed by atoms with Crippen LogP contribution in [0.5, 0.6) is 0 Å². The molecule has 2 aliphatic heterocycles. The molecule has 0 radical (unpaired) electrons. The Morgan fingerprint density at radius 1 is 1.10 bits per heavy atom. The Kier molecular flexibility index (Phi) is 5.05. The van der Waals surface area contributed by atoms with E-state index >= 15 is 0 Å². The predicted octanol–water partition coefficient (Wildman–Crippen LogP) is 0.687. The quantitative estimate of drug-likeness (QED) is 0.592. The third-order valence-corrected chi connectivity index (χ3v) is 6.66. The molecule has 1 saturated carbocycles. The van der Waals surface area contributed by atoms with Crippen molar-refractivity contribution >= 4 is 28.5 Å². The minimum atomic E-state index is -0.238. The van der Waals surface area contributed by atoms with Crippen molar-refractivity contribution in [1.82, 2.24) is 24.7 Å². The second kappa shape index (κ2) is 7.88. The van der Waals surface area contributed by atoms with Crippen LogP contribution in [0.25, 0.3) is 11.0 Å². The molecule has 2 aromatic rings. The van der Waals surface area contributed by atoms with E-state index in [0.717, 1.165) is 42.9 Å². The summed E-state index contributed by atoms with van der Waals surface area (Å²) in [6.07, 6.45) is 3.70. The summed E-state index contributed by atoms with van der Waals surface area (Å²) in [6.45, 7) is 8.21. The Morgan fingerprint density at radius 2 is 1.84 bits per heavy atom. The number of likely N-dealkylation sites (tertiary alicyclic amines) is 1. The lowest BCUT2D eigenvalue weighted by Crippen LogP contribution is -2.64. The number of aromatic nitrogens is 2. The molecule has 3 heterocycles. The van der Waals surface area contributed by atoms with Crippen molar-refractivity contribution in [2.75, 3.05) is 51.1 Å². The molecule has 2 saturated heterocycles. The fourth-order valence-electron chi connectivity index (χ4n) is 4.57. The maximum absolute atomic E-state index is 12.8. The van der Waals surface area contributed by atoms with E-state index < -0.39 is 0 Å². The van der Waals surface area contributed by atoms with Crippen LogP contribution in [0, 0.1) is 0 Å². The van der Waals surface area contributed by atoms with Crippen molar-refractivity contribution in [2.45, 2.75) is 24.8 Å². The van der Waals surface area contributed by atoms with Gasteiger partial charge in [0.25, 0.3) is 0 Å². The first-order chi connectivity index (χ1) is 15.0. The highest BCUT2D eigenvalue weighted by Crippen LogP contribution is 2.42. The number of benzene rings is 1. The number of anilines is 1. The predicted molar refractivity (Wildman–Crippen MR) is 118 cm³/mol. The van der Waals surface area contributed by atoms with E-state index in [9.17, 15) is 14.4 Å². The number of fused-ring (bicyclic) bond motifs is 1. The Balaban J connectivity index is 1.16. The van der Waals surface area contributed by atoms with Crippen molar-refractivity contribution in [2.24, 2.45) is 0 Å². The summed E-state index contributed by atoms with van der Waals surface area (Å²) < 4.78 is 0. The van der Waals surface area contributed by atoms with Crippen LogP contribution in [0.15, 0.2) is 29.6 Å². The molecular formula is C22H28N6O3. The Bertz CT molecular complexity index is 1070. The number of hydrogen-bond donors (Lipinski definition) is 3. The van der Waals surface area contributed by atoms with Gasteiger partial charge in [-0.2, -0.15) is 0 Å². The molecule has 0 bridgehead atoms. The Hall–Kier alpha value is -3.07. The van der Waals surface area contributed by atoms with Gasteiger partial charge in [0.05, 0.1) is 23.3 Å². The highest BCUT2D eigenvalue weighted by Gasteiger charge is 2.35. The molecule has 0 spiro atoms. The molecule has 1 aromatic carbocycles. The van der Waals surface area contributed by atoms with Gasteiger partial charge in [-0.05, 0) is 42.5 Å². The number of imidazole rings is 1. The standard InChI is InChI=1S/C22H28N6O3/c1-2-19(29)28-12-16(13-28)26-5-7-27(8-6-26)20(30)11-23-17-9-15(14-3-4-14)10-18-21(17)25-22(31)24-18/h2,9-10,14,16,23H,1,3-8,11-13H2,(H2,24,25,31). The van der Waals surface area contributed by atoms with Crippen LogP contribution in [0.2, 0.25) is 0 Å². The number of carbonyl (C=O) groups excluding carboxylic acids is 2. The zero-order chi connectivity index (χ0) is 21.5. The molecule has 164 valence electrons. The molecule has 3 aliphatic rings. The molecule has 0 atom stereocenters. The van der Waals surface area contributed by atoms with E-state index in [1.54, 1.807) is 4.90 Å². The van der Waals surface area contributed by atoms with E-state index in [-0.39, 0.29) is 24.0 Å². The fourth-order valence-corrected chi connectivity index (χ4v) is 4.57. The summed E-state index contributed by atoms with van der Waals surface area (Å²) in [7, 11) is 0. The van der Waals surface area contributed by atoms with Crippen LogP contribution in [0.1, 0.15) is 24.3 Å². The van der Waals surface area contributed by atoms with Crippen molar-refractivity contribution in [3.63, 3.8) is 0 Å². The Morgan fingerprint density at radius 3 is 2.52 bits per heavy atom. The monoisotopic (exact) mass is 424 g/mol. The van der Waals surface area contributed by atoms with E-state index in [1.807, 2.05) is 11.0 Å². The van der Waals surface area contributed by atoms with Crippen molar-refractivity contribution < 1.29 is 9.59 Å². The van der Waals surface area contributed by atoms with Crippen molar-refractivity contribution in [1.29, 1.82) is 0 Å². The number of amides is 2. The van der Waals surface area contributed by atoms with Gasteiger partial charge in [-0.25, -0.2) is 4.79 Å². The minimum Gasteiger partial charge on any atom is -0.374 e.